The highest BCUT2D eigenvalue weighted by Crippen LogP contribution is 2.50. The number of para-hydroxylation sites is 4. The summed E-state index contributed by atoms with van der Waals surface area (Å²) in [5, 5.41) is 4.10. The molecule has 10 heteroatoms. The van der Waals surface area contributed by atoms with Gasteiger partial charge >= 0.3 is 0 Å². The molecule has 0 aliphatic heterocycles. The normalized spacial score (nSPS) is 12.0. The van der Waals surface area contributed by atoms with E-state index in [0.29, 0.717) is 11.6 Å². The fourth-order valence-corrected chi connectivity index (χ4v) is 11.1. The molecule has 326 valence electrons. The molecule has 0 N–H and O–H groups in total. The minimum Gasteiger partial charge on any atom is -0.304 e. The fourth-order valence-electron chi connectivity index (χ4n) is 11.1. The SMILES string of the molecule is c1cncc(-c2ccccc2-c2c(-n3c4ccccc4c4ncccc43)c(-n3c4ccccc4c4ncccc43)nc(-n3c4ccccc4c4ncccc43)c2-n2c3ccccc3c3ncccc32)c1. The summed E-state index contributed by atoms with van der Waals surface area (Å²) in [4.78, 5) is 31.3. The van der Waals surface area contributed by atoms with E-state index in [1.54, 1.807) is 0 Å². The molecule has 0 fully saturated rings. The van der Waals surface area contributed by atoms with Crippen molar-refractivity contribution >= 4 is 87.7 Å². The van der Waals surface area contributed by atoms with E-state index in [0.717, 1.165) is 121 Å². The van der Waals surface area contributed by atoms with Gasteiger partial charge in [0.25, 0.3) is 0 Å². The predicted molar refractivity (Wildman–Crippen MR) is 281 cm³/mol. The van der Waals surface area contributed by atoms with Crippen LogP contribution in [-0.4, -0.2) is 48.2 Å². The van der Waals surface area contributed by atoms with Crippen molar-refractivity contribution in [1.29, 1.82) is 0 Å². The molecule has 0 amide bonds. The lowest BCUT2D eigenvalue weighted by atomic mass is 9.92. The smallest absolute Gasteiger partial charge is 0.165 e. The standard InChI is InChI=1S/C60H36N10/c1-2-18-39(38(17-1)37-16-11-31-61-36-37)52-57(67-44-23-7-3-19-40(44)53-48(67)27-12-32-62-53)59(69-46-25-9-5-21-42(46)55-50(69)29-14-34-64-55)66-60(70-47-26-10-6-22-43(47)56-51(70)30-15-35-65-56)58(52)68-45-24-8-4-20-41(45)54-49(68)28-13-33-63-54/h1-36H. The lowest BCUT2D eigenvalue weighted by Crippen LogP contribution is -2.16. The second kappa shape index (κ2) is 14.9. The van der Waals surface area contributed by atoms with Gasteiger partial charge in [-0.3, -0.25) is 34.1 Å². The van der Waals surface area contributed by atoms with Gasteiger partial charge in [0, 0.05) is 69.9 Å². The van der Waals surface area contributed by atoms with Crippen molar-refractivity contribution < 1.29 is 0 Å². The van der Waals surface area contributed by atoms with Crippen LogP contribution in [0.3, 0.4) is 0 Å². The highest BCUT2D eigenvalue weighted by Gasteiger charge is 2.33. The fraction of sp³-hybridized carbons (Fsp3) is 0. The van der Waals surface area contributed by atoms with Crippen molar-refractivity contribution in [1.82, 2.24) is 48.2 Å². The van der Waals surface area contributed by atoms with Crippen molar-refractivity contribution in [2.45, 2.75) is 0 Å². The van der Waals surface area contributed by atoms with E-state index >= 15 is 0 Å². The summed E-state index contributed by atoms with van der Waals surface area (Å²) in [6, 6.07) is 63.7. The highest BCUT2D eigenvalue weighted by atomic mass is 15.2. The van der Waals surface area contributed by atoms with Gasteiger partial charge in [-0.15, -0.1) is 0 Å². The van der Waals surface area contributed by atoms with E-state index in [9.17, 15) is 0 Å². The van der Waals surface area contributed by atoms with E-state index in [-0.39, 0.29) is 0 Å². The third-order valence-electron chi connectivity index (χ3n) is 13.9. The van der Waals surface area contributed by atoms with Gasteiger partial charge in [-0.1, -0.05) is 103 Å². The molecule has 5 aromatic carbocycles. The van der Waals surface area contributed by atoms with Crippen molar-refractivity contribution in [3.63, 3.8) is 0 Å². The summed E-state index contributed by atoms with van der Waals surface area (Å²) >= 11 is 0. The second-order valence-corrected chi connectivity index (χ2v) is 17.5. The summed E-state index contributed by atoms with van der Waals surface area (Å²) in [6.07, 6.45) is 11.3. The molecule has 15 rings (SSSR count). The number of nitrogens with zero attached hydrogens (tertiary/aromatic N) is 10. The molecule has 0 unspecified atom stereocenters. The molecule has 0 radical (unpaired) electrons. The van der Waals surface area contributed by atoms with Gasteiger partial charge in [-0.25, -0.2) is 4.98 Å². The number of fused-ring (bicyclic) bond motifs is 12. The summed E-state index contributed by atoms with van der Waals surface area (Å²) < 4.78 is 9.40. The first-order valence-corrected chi connectivity index (χ1v) is 23.3. The Morgan fingerprint density at radius 2 is 0.629 bits per heavy atom. The van der Waals surface area contributed by atoms with Gasteiger partial charge in [0.05, 0.1) is 66.2 Å². The summed E-state index contributed by atoms with van der Waals surface area (Å²) in [5.41, 5.74) is 16.8. The molecule has 15 aromatic rings. The summed E-state index contributed by atoms with van der Waals surface area (Å²) in [6.45, 7) is 0. The van der Waals surface area contributed by atoms with Gasteiger partial charge < -0.3 is 9.13 Å². The van der Waals surface area contributed by atoms with Crippen LogP contribution in [0.5, 0.6) is 0 Å². The van der Waals surface area contributed by atoms with E-state index in [2.05, 4.69) is 170 Å². The molecular weight excluding hydrogens is 861 g/mol. The Morgan fingerprint density at radius 1 is 0.286 bits per heavy atom. The Labute approximate surface area is 398 Å². The average Bonchev–Trinajstić information content (AvgIpc) is 4.16. The molecule has 0 aliphatic carbocycles. The molecule has 0 aliphatic rings. The van der Waals surface area contributed by atoms with E-state index < -0.39 is 0 Å². The maximum atomic E-state index is 6.26. The molecule has 0 atom stereocenters. The minimum atomic E-state index is 0.703. The number of hydrogen-bond acceptors (Lipinski definition) is 6. The number of pyridine rings is 6. The second-order valence-electron chi connectivity index (χ2n) is 17.5. The van der Waals surface area contributed by atoms with Gasteiger partial charge in [0.2, 0.25) is 0 Å². The Bertz CT molecular complexity index is 4150. The molecular formula is C60H36N10. The van der Waals surface area contributed by atoms with Crippen molar-refractivity contribution in [2.24, 2.45) is 0 Å². The quantitative estimate of drug-likeness (QED) is 0.165. The van der Waals surface area contributed by atoms with Crippen molar-refractivity contribution in [2.75, 3.05) is 0 Å². The molecule has 0 spiro atoms. The van der Waals surface area contributed by atoms with Gasteiger partial charge in [-0.2, -0.15) is 0 Å². The lowest BCUT2D eigenvalue weighted by Gasteiger charge is -2.27. The lowest BCUT2D eigenvalue weighted by molar-refractivity contribution is 0.960. The maximum Gasteiger partial charge on any atom is 0.165 e. The van der Waals surface area contributed by atoms with E-state index in [4.69, 9.17) is 29.9 Å². The predicted octanol–water partition coefficient (Wildman–Crippen LogP) is 13.8. The number of hydrogen-bond donors (Lipinski definition) is 0. The Hall–Kier alpha value is -9.80. The topological polar surface area (TPSA) is 97.1 Å². The minimum absolute atomic E-state index is 0.703. The average molecular weight is 897 g/mol. The molecule has 10 aromatic heterocycles. The van der Waals surface area contributed by atoms with Crippen molar-refractivity contribution in [3.8, 4) is 45.3 Å². The first-order valence-electron chi connectivity index (χ1n) is 23.3. The third kappa shape index (κ3) is 5.32. The van der Waals surface area contributed by atoms with E-state index in [1.165, 1.54) is 0 Å². The first kappa shape index (κ1) is 38.3. The Morgan fingerprint density at radius 3 is 1.04 bits per heavy atom. The molecule has 0 bridgehead atoms. The third-order valence-corrected chi connectivity index (χ3v) is 13.9. The zero-order valence-corrected chi connectivity index (χ0v) is 37.3. The Balaban J connectivity index is 1.30. The van der Waals surface area contributed by atoms with Crippen LogP contribution in [0.25, 0.3) is 133 Å². The van der Waals surface area contributed by atoms with Crippen LogP contribution < -0.4 is 0 Å². The molecule has 10 nitrogen and oxygen atoms in total. The molecule has 0 saturated carbocycles. The first-order chi connectivity index (χ1) is 34.8. The molecule has 0 saturated heterocycles. The largest absolute Gasteiger partial charge is 0.304 e. The van der Waals surface area contributed by atoms with Gasteiger partial charge in [-0.05, 0) is 90.0 Å². The zero-order valence-electron chi connectivity index (χ0n) is 37.3. The van der Waals surface area contributed by atoms with Gasteiger partial charge in [0.15, 0.2) is 11.6 Å². The van der Waals surface area contributed by atoms with Crippen LogP contribution in [0.4, 0.5) is 0 Å². The maximum absolute atomic E-state index is 6.26. The Kier molecular flexibility index (Phi) is 8.13. The summed E-state index contributed by atoms with van der Waals surface area (Å²) in [7, 11) is 0. The molecule has 10 heterocycles. The molecule has 70 heavy (non-hydrogen) atoms. The van der Waals surface area contributed by atoms with E-state index in [1.807, 2.05) is 67.5 Å². The highest BCUT2D eigenvalue weighted by molar-refractivity contribution is 6.14. The van der Waals surface area contributed by atoms with Crippen LogP contribution >= 0.6 is 0 Å². The van der Waals surface area contributed by atoms with Crippen LogP contribution in [-0.2, 0) is 0 Å². The zero-order chi connectivity index (χ0) is 45.9. The van der Waals surface area contributed by atoms with Gasteiger partial charge in [0.1, 0.15) is 11.4 Å². The monoisotopic (exact) mass is 896 g/mol. The summed E-state index contributed by atoms with van der Waals surface area (Å²) in [5.74, 6) is 1.41. The number of benzene rings is 5. The number of rotatable bonds is 6. The van der Waals surface area contributed by atoms with Crippen LogP contribution in [0.2, 0.25) is 0 Å². The van der Waals surface area contributed by atoms with Crippen LogP contribution in [0.1, 0.15) is 0 Å². The number of aromatic nitrogens is 10. The van der Waals surface area contributed by atoms with Crippen molar-refractivity contribution in [3.05, 3.63) is 219 Å². The van der Waals surface area contributed by atoms with Crippen LogP contribution in [0.15, 0.2) is 219 Å². The van der Waals surface area contributed by atoms with Crippen LogP contribution in [0, 0.1) is 0 Å².